The molecule has 1 aliphatic heterocycles. The van der Waals surface area contributed by atoms with Gasteiger partial charge in [0.1, 0.15) is 0 Å². The Morgan fingerprint density at radius 3 is 2.30 bits per heavy atom. The van der Waals surface area contributed by atoms with Crippen LogP contribution >= 0.6 is 11.8 Å². The van der Waals surface area contributed by atoms with Crippen LogP contribution in [0.5, 0.6) is 0 Å². The first-order valence-electron chi connectivity index (χ1n) is 9.30. The molecule has 1 saturated heterocycles. The first-order chi connectivity index (χ1) is 13.1. The van der Waals surface area contributed by atoms with Crippen LogP contribution in [0.1, 0.15) is 30.4 Å². The van der Waals surface area contributed by atoms with E-state index in [0.717, 1.165) is 30.6 Å². The Hall–Kier alpha value is -1.63. The molecule has 1 fully saturated rings. The molecule has 0 N–H and O–H groups in total. The second kappa shape index (κ2) is 9.53. The van der Waals surface area contributed by atoms with Crippen LogP contribution in [0.25, 0.3) is 0 Å². The lowest BCUT2D eigenvalue weighted by Crippen LogP contribution is -2.40. The molecular formula is C21H25NO3S2. The predicted molar refractivity (Wildman–Crippen MR) is 111 cm³/mol. The van der Waals surface area contributed by atoms with Crippen LogP contribution < -0.4 is 0 Å². The van der Waals surface area contributed by atoms with Crippen molar-refractivity contribution in [2.45, 2.75) is 37.5 Å². The van der Waals surface area contributed by atoms with E-state index < -0.39 is 16.1 Å². The zero-order valence-corrected chi connectivity index (χ0v) is 16.9. The lowest BCUT2D eigenvalue weighted by molar-refractivity contribution is -0.113. The molecule has 1 atom stereocenters. The summed E-state index contributed by atoms with van der Waals surface area (Å²) < 4.78 is 27.0. The normalized spacial score (nSPS) is 17.9. The van der Waals surface area contributed by atoms with Gasteiger partial charge in [0.15, 0.2) is 0 Å². The topological polar surface area (TPSA) is 54.5 Å². The minimum absolute atomic E-state index is 0.0165. The van der Waals surface area contributed by atoms with Gasteiger partial charge in [-0.25, -0.2) is 8.42 Å². The third-order valence-electron chi connectivity index (χ3n) is 4.72. The van der Waals surface area contributed by atoms with E-state index in [2.05, 4.69) is 12.1 Å². The van der Waals surface area contributed by atoms with Crippen molar-refractivity contribution in [2.75, 3.05) is 12.3 Å². The van der Waals surface area contributed by atoms with Crippen molar-refractivity contribution in [3.8, 4) is 0 Å². The van der Waals surface area contributed by atoms with Crippen molar-refractivity contribution in [3.63, 3.8) is 0 Å². The van der Waals surface area contributed by atoms with E-state index in [0.29, 0.717) is 13.0 Å². The van der Waals surface area contributed by atoms with Crippen LogP contribution in [0, 0.1) is 0 Å². The fraction of sp³-hybridized carbons (Fsp3) is 0.381. The average molecular weight is 404 g/mol. The summed E-state index contributed by atoms with van der Waals surface area (Å²) in [6, 6.07) is 18.8. The van der Waals surface area contributed by atoms with Gasteiger partial charge in [-0.3, -0.25) is 4.79 Å². The van der Waals surface area contributed by atoms with Gasteiger partial charge >= 0.3 is 0 Å². The summed E-state index contributed by atoms with van der Waals surface area (Å²) in [5.74, 6) is 0.674. The minimum Gasteiger partial charge on any atom is -0.285 e. The zero-order valence-electron chi connectivity index (χ0n) is 15.3. The Balaban J connectivity index is 1.53. The van der Waals surface area contributed by atoms with Crippen molar-refractivity contribution in [1.29, 1.82) is 0 Å². The summed E-state index contributed by atoms with van der Waals surface area (Å²) in [6.07, 6.45) is 3.21. The van der Waals surface area contributed by atoms with Gasteiger partial charge in [-0.2, -0.15) is 4.31 Å². The molecule has 3 rings (SSSR count). The molecule has 0 aromatic heterocycles. The maximum Gasteiger partial charge on any atom is 0.218 e. The number of sulfonamides is 1. The van der Waals surface area contributed by atoms with Gasteiger partial charge in [-0.15, -0.1) is 0 Å². The first kappa shape index (κ1) is 20.1. The molecule has 0 spiro atoms. The highest BCUT2D eigenvalue weighted by atomic mass is 32.2. The van der Waals surface area contributed by atoms with Gasteiger partial charge in [0, 0.05) is 12.3 Å². The number of carbonyl (C=O) groups is 1. The molecule has 6 heteroatoms. The number of aryl methyl sites for hydroxylation is 1. The fourth-order valence-electron chi connectivity index (χ4n) is 3.37. The second-order valence-corrected chi connectivity index (χ2v) is 9.79. The van der Waals surface area contributed by atoms with Crippen LogP contribution in [0.3, 0.4) is 0 Å². The van der Waals surface area contributed by atoms with Gasteiger partial charge in [0.25, 0.3) is 0 Å². The third-order valence-corrected chi connectivity index (χ3v) is 7.62. The predicted octanol–water partition coefficient (Wildman–Crippen LogP) is 3.87. The van der Waals surface area contributed by atoms with Crippen LogP contribution in [0.4, 0.5) is 0 Å². The number of benzene rings is 2. The van der Waals surface area contributed by atoms with E-state index in [1.807, 2.05) is 48.5 Å². The van der Waals surface area contributed by atoms with E-state index in [9.17, 15) is 13.2 Å². The highest BCUT2D eigenvalue weighted by molar-refractivity contribution is 8.13. The van der Waals surface area contributed by atoms with Gasteiger partial charge in [-0.1, -0.05) is 72.4 Å². The average Bonchev–Trinajstić information content (AvgIpc) is 3.17. The summed E-state index contributed by atoms with van der Waals surface area (Å²) in [5.41, 5.74) is 2.02. The number of hydrogen-bond acceptors (Lipinski definition) is 4. The number of hydrogen-bond donors (Lipinski definition) is 0. The Labute approximate surface area is 166 Å². The van der Waals surface area contributed by atoms with Crippen LogP contribution in [0.2, 0.25) is 0 Å². The molecule has 0 aliphatic carbocycles. The molecule has 1 heterocycles. The maximum absolute atomic E-state index is 12.8. The highest BCUT2D eigenvalue weighted by Gasteiger charge is 2.38. The summed E-state index contributed by atoms with van der Waals surface area (Å²) in [4.78, 5) is 12.6. The van der Waals surface area contributed by atoms with E-state index in [1.54, 1.807) is 0 Å². The molecule has 2 aromatic carbocycles. The Morgan fingerprint density at radius 1 is 1.00 bits per heavy atom. The third kappa shape index (κ3) is 5.67. The number of rotatable bonds is 8. The van der Waals surface area contributed by atoms with Gasteiger partial charge < -0.3 is 0 Å². The molecule has 0 saturated carbocycles. The summed E-state index contributed by atoms with van der Waals surface area (Å²) in [5, 5.41) is -0.0165. The SMILES string of the molecule is O=C(SCCCc1ccccc1)[C@@H]1CCCN1S(=O)(=O)Cc1ccccc1. The van der Waals surface area contributed by atoms with Gasteiger partial charge in [-0.05, 0) is 36.8 Å². The van der Waals surface area contributed by atoms with Crippen molar-refractivity contribution in [3.05, 3.63) is 71.8 Å². The molecule has 27 heavy (non-hydrogen) atoms. The maximum atomic E-state index is 12.8. The summed E-state index contributed by atoms with van der Waals surface area (Å²) in [7, 11) is -3.48. The molecule has 1 aliphatic rings. The lowest BCUT2D eigenvalue weighted by atomic mass is 10.1. The second-order valence-electron chi connectivity index (χ2n) is 6.77. The Bertz CT molecular complexity index is 838. The quantitative estimate of drug-likeness (QED) is 0.628. The molecule has 0 radical (unpaired) electrons. The van der Waals surface area contributed by atoms with Crippen molar-refractivity contribution in [2.24, 2.45) is 0 Å². The smallest absolute Gasteiger partial charge is 0.218 e. The van der Waals surface area contributed by atoms with Crippen LogP contribution in [-0.4, -0.2) is 36.2 Å². The monoisotopic (exact) mass is 403 g/mol. The van der Waals surface area contributed by atoms with Gasteiger partial charge in [0.05, 0.1) is 11.8 Å². The number of nitrogens with zero attached hydrogens (tertiary/aromatic N) is 1. The van der Waals surface area contributed by atoms with Gasteiger partial charge in [0.2, 0.25) is 15.1 Å². The molecule has 4 nitrogen and oxygen atoms in total. The standard InChI is InChI=1S/C21H25NO3S2/c23-21(26-16-8-13-18-9-3-1-4-10-18)20-14-7-15-22(20)27(24,25)17-19-11-5-2-6-12-19/h1-6,9-12,20H,7-8,13-17H2/t20-/m0/s1. The molecule has 144 valence electrons. The first-order valence-corrected chi connectivity index (χ1v) is 11.9. The van der Waals surface area contributed by atoms with E-state index >= 15 is 0 Å². The van der Waals surface area contributed by atoms with E-state index in [1.165, 1.54) is 21.6 Å². The van der Waals surface area contributed by atoms with Crippen molar-refractivity contribution < 1.29 is 13.2 Å². The summed E-state index contributed by atoms with van der Waals surface area (Å²) in [6.45, 7) is 0.441. The molecule has 0 amide bonds. The number of thioether (sulfide) groups is 1. The van der Waals surface area contributed by atoms with Crippen LogP contribution in [0.15, 0.2) is 60.7 Å². The van der Waals surface area contributed by atoms with Crippen molar-refractivity contribution in [1.82, 2.24) is 4.31 Å². The fourth-order valence-corrected chi connectivity index (χ4v) is 6.14. The summed E-state index contributed by atoms with van der Waals surface area (Å²) >= 11 is 1.27. The Kier molecular flexibility index (Phi) is 7.10. The van der Waals surface area contributed by atoms with E-state index in [-0.39, 0.29) is 10.9 Å². The zero-order chi connectivity index (χ0) is 19.1. The molecule has 0 bridgehead atoms. The van der Waals surface area contributed by atoms with Crippen molar-refractivity contribution >= 4 is 26.9 Å². The number of carbonyl (C=O) groups excluding carboxylic acids is 1. The minimum atomic E-state index is -3.48. The largest absolute Gasteiger partial charge is 0.285 e. The lowest BCUT2D eigenvalue weighted by Gasteiger charge is -2.22. The Morgan fingerprint density at radius 2 is 1.63 bits per heavy atom. The van der Waals surface area contributed by atoms with Crippen LogP contribution in [-0.2, 0) is 27.0 Å². The van der Waals surface area contributed by atoms with E-state index in [4.69, 9.17) is 0 Å². The molecule has 2 aromatic rings. The highest BCUT2D eigenvalue weighted by Crippen LogP contribution is 2.27. The molecular weight excluding hydrogens is 378 g/mol. The molecule has 0 unspecified atom stereocenters.